The van der Waals surface area contributed by atoms with Crippen LogP contribution in [0.15, 0.2) is 36.7 Å². The van der Waals surface area contributed by atoms with E-state index < -0.39 is 0 Å². The first-order valence-electron chi connectivity index (χ1n) is 6.68. The zero-order valence-electron chi connectivity index (χ0n) is 12.0. The summed E-state index contributed by atoms with van der Waals surface area (Å²) in [6.07, 6.45) is 3.48. The number of nitrogens with zero attached hydrogens (tertiary/aromatic N) is 2. The summed E-state index contributed by atoms with van der Waals surface area (Å²) in [6, 6.07) is 8.94. The molecule has 1 aromatic heterocycles. The molecule has 0 radical (unpaired) electrons. The maximum atomic E-state index is 4.42. The average Bonchev–Trinajstić information content (AvgIpc) is 2.39. The summed E-state index contributed by atoms with van der Waals surface area (Å²) in [5, 5.41) is 3.59. The predicted octanol–water partition coefficient (Wildman–Crippen LogP) is 3.51. The Hall–Kier alpha value is -1.74. The second-order valence-corrected chi connectivity index (χ2v) is 4.99. The predicted molar refractivity (Wildman–Crippen MR) is 77.9 cm³/mol. The number of rotatable bonds is 4. The normalized spacial score (nSPS) is 14.1. The van der Waals surface area contributed by atoms with Gasteiger partial charge in [0.25, 0.3) is 0 Å². The van der Waals surface area contributed by atoms with Gasteiger partial charge in [0, 0.05) is 24.5 Å². The molecular weight excluding hydrogens is 234 g/mol. The topological polar surface area (TPSA) is 37.8 Å². The molecule has 2 rings (SSSR count). The first kappa shape index (κ1) is 13.7. The van der Waals surface area contributed by atoms with E-state index in [0.29, 0.717) is 0 Å². The van der Waals surface area contributed by atoms with Gasteiger partial charge in [0.1, 0.15) is 0 Å². The molecule has 3 heteroatoms. The molecule has 2 atom stereocenters. The van der Waals surface area contributed by atoms with Gasteiger partial charge in [0.15, 0.2) is 0 Å². The van der Waals surface area contributed by atoms with Crippen LogP contribution in [0.2, 0.25) is 0 Å². The summed E-state index contributed by atoms with van der Waals surface area (Å²) in [4.78, 5) is 8.72. The highest BCUT2D eigenvalue weighted by atomic mass is 15.0. The van der Waals surface area contributed by atoms with Gasteiger partial charge < -0.3 is 5.32 Å². The molecule has 0 aliphatic heterocycles. The van der Waals surface area contributed by atoms with Gasteiger partial charge in [-0.25, -0.2) is 0 Å². The molecule has 0 aliphatic carbocycles. The fourth-order valence-electron chi connectivity index (χ4n) is 2.46. The fraction of sp³-hybridized carbons (Fsp3) is 0.375. The van der Waals surface area contributed by atoms with Crippen LogP contribution in [0.3, 0.4) is 0 Å². The lowest BCUT2D eigenvalue weighted by Crippen LogP contribution is -2.24. The van der Waals surface area contributed by atoms with Crippen molar-refractivity contribution in [2.75, 3.05) is 0 Å². The van der Waals surface area contributed by atoms with Gasteiger partial charge in [0.2, 0.25) is 0 Å². The van der Waals surface area contributed by atoms with Crippen molar-refractivity contribution in [1.82, 2.24) is 15.3 Å². The first-order chi connectivity index (χ1) is 9.09. The highest BCUT2D eigenvalue weighted by Gasteiger charge is 2.15. The van der Waals surface area contributed by atoms with Gasteiger partial charge in [-0.3, -0.25) is 9.97 Å². The molecule has 2 aromatic rings. The molecule has 3 nitrogen and oxygen atoms in total. The van der Waals surface area contributed by atoms with Crippen molar-refractivity contribution in [2.24, 2.45) is 0 Å². The Morgan fingerprint density at radius 1 is 0.947 bits per heavy atom. The van der Waals surface area contributed by atoms with Crippen LogP contribution in [-0.2, 0) is 0 Å². The van der Waals surface area contributed by atoms with Crippen LogP contribution in [0.5, 0.6) is 0 Å². The third kappa shape index (κ3) is 3.18. The highest BCUT2D eigenvalue weighted by Crippen LogP contribution is 2.21. The largest absolute Gasteiger partial charge is 0.302 e. The molecule has 1 unspecified atom stereocenters. The Bertz CT molecular complexity index is 502. The quantitative estimate of drug-likeness (QED) is 0.908. The Labute approximate surface area is 115 Å². The van der Waals surface area contributed by atoms with Crippen molar-refractivity contribution in [3.63, 3.8) is 0 Å². The first-order valence-corrected chi connectivity index (χ1v) is 6.68. The minimum Gasteiger partial charge on any atom is -0.302 e. The van der Waals surface area contributed by atoms with Crippen LogP contribution in [-0.4, -0.2) is 9.97 Å². The van der Waals surface area contributed by atoms with Crippen molar-refractivity contribution in [3.8, 4) is 0 Å². The maximum Gasteiger partial charge on any atom is 0.0782 e. The van der Waals surface area contributed by atoms with Crippen molar-refractivity contribution >= 4 is 0 Å². The average molecular weight is 255 g/mol. The van der Waals surface area contributed by atoms with Crippen LogP contribution in [0.1, 0.15) is 48.4 Å². The molecule has 1 heterocycles. The van der Waals surface area contributed by atoms with Crippen LogP contribution >= 0.6 is 0 Å². The Kier molecular flexibility index (Phi) is 4.27. The standard InChI is InChI=1S/C16H21N3/c1-11-7-5-6-8-15(11)12(2)19-14(4)16-13(3)17-9-10-18-16/h5-10,12,14,19H,1-4H3/t12-,14?/m1/s1. The van der Waals surface area contributed by atoms with Gasteiger partial charge in [-0.05, 0) is 38.8 Å². The van der Waals surface area contributed by atoms with Crippen LogP contribution in [0, 0.1) is 13.8 Å². The van der Waals surface area contributed by atoms with Crippen molar-refractivity contribution in [1.29, 1.82) is 0 Å². The van der Waals surface area contributed by atoms with Gasteiger partial charge in [-0.15, -0.1) is 0 Å². The van der Waals surface area contributed by atoms with Gasteiger partial charge >= 0.3 is 0 Å². The van der Waals surface area contributed by atoms with Gasteiger partial charge in [-0.2, -0.15) is 0 Å². The minimum atomic E-state index is 0.184. The molecule has 0 saturated carbocycles. The molecule has 0 spiro atoms. The number of aryl methyl sites for hydroxylation is 2. The van der Waals surface area contributed by atoms with E-state index >= 15 is 0 Å². The second kappa shape index (κ2) is 5.93. The number of hydrogen-bond donors (Lipinski definition) is 1. The van der Waals surface area contributed by atoms with E-state index in [4.69, 9.17) is 0 Å². The van der Waals surface area contributed by atoms with Crippen molar-refractivity contribution in [2.45, 2.75) is 39.8 Å². The fourth-order valence-corrected chi connectivity index (χ4v) is 2.46. The molecule has 0 amide bonds. The zero-order valence-corrected chi connectivity index (χ0v) is 12.0. The summed E-state index contributed by atoms with van der Waals surface area (Å²) in [6.45, 7) is 8.46. The van der Waals surface area contributed by atoms with Crippen LogP contribution in [0.25, 0.3) is 0 Å². The molecule has 0 saturated heterocycles. The Morgan fingerprint density at radius 3 is 2.32 bits per heavy atom. The minimum absolute atomic E-state index is 0.184. The maximum absolute atomic E-state index is 4.42. The van der Waals surface area contributed by atoms with Crippen LogP contribution < -0.4 is 5.32 Å². The molecule has 0 bridgehead atoms. The third-order valence-corrected chi connectivity index (χ3v) is 3.48. The summed E-state index contributed by atoms with van der Waals surface area (Å²) in [7, 11) is 0. The molecule has 1 N–H and O–H groups in total. The van der Waals surface area contributed by atoms with Crippen molar-refractivity contribution < 1.29 is 0 Å². The zero-order chi connectivity index (χ0) is 13.8. The van der Waals surface area contributed by atoms with E-state index in [1.807, 2.05) is 6.92 Å². The third-order valence-electron chi connectivity index (χ3n) is 3.48. The van der Waals surface area contributed by atoms with E-state index in [1.54, 1.807) is 12.4 Å². The monoisotopic (exact) mass is 255 g/mol. The lowest BCUT2D eigenvalue weighted by molar-refractivity contribution is 0.481. The van der Waals surface area contributed by atoms with E-state index in [2.05, 4.69) is 60.3 Å². The Morgan fingerprint density at radius 2 is 1.63 bits per heavy atom. The van der Waals surface area contributed by atoms with E-state index in [9.17, 15) is 0 Å². The summed E-state index contributed by atoms with van der Waals surface area (Å²) >= 11 is 0. The number of aromatic nitrogens is 2. The molecule has 1 aromatic carbocycles. The number of nitrogens with one attached hydrogen (secondary N) is 1. The Balaban J connectivity index is 2.13. The number of benzene rings is 1. The molecule has 19 heavy (non-hydrogen) atoms. The molecule has 100 valence electrons. The van der Waals surface area contributed by atoms with E-state index in [-0.39, 0.29) is 12.1 Å². The lowest BCUT2D eigenvalue weighted by Gasteiger charge is -2.22. The van der Waals surface area contributed by atoms with Crippen molar-refractivity contribution in [3.05, 3.63) is 59.2 Å². The molecule has 0 aliphatic rings. The highest BCUT2D eigenvalue weighted by molar-refractivity contribution is 5.28. The molecule has 0 fully saturated rings. The number of hydrogen-bond acceptors (Lipinski definition) is 3. The van der Waals surface area contributed by atoms with Gasteiger partial charge in [0.05, 0.1) is 11.4 Å². The molecular formula is C16H21N3. The lowest BCUT2D eigenvalue weighted by atomic mass is 10.0. The summed E-state index contributed by atoms with van der Waals surface area (Å²) in [5.41, 5.74) is 4.64. The summed E-state index contributed by atoms with van der Waals surface area (Å²) in [5.74, 6) is 0. The smallest absolute Gasteiger partial charge is 0.0782 e. The SMILES string of the molecule is Cc1ccccc1[C@@H](C)NC(C)c1nccnc1C. The summed E-state index contributed by atoms with van der Waals surface area (Å²) < 4.78 is 0. The van der Waals surface area contributed by atoms with Gasteiger partial charge in [-0.1, -0.05) is 24.3 Å². The van der Waals surface area contributed by atoms with E-state index in [0.717, 1.165) is 11.4 Å². The second-order valence-electron chi connectivity index (χ2n) is 4.99. The van der Waals surface area contributed by atoms with E-state index in [1.165, 1.54) is 11.1 Å². The van der Waals surface area contributed by atoms with Crippen LogP contribution in [0.4, 0.5) is 0 Å².